The number of fused-ring (bicyclic) bond motifs is 1. The van der Waals surface area contributed by atoms with E-state index in [1.54, 1.807) is 27.0 Å². The van der Waals surface area contributed by atoms with Crippen LogP contribution in [0, 0.1) is 6.92 Å². The van der Waals surface area contributed by atoms with Gasteiger partial charge in [0.2, 0.25) is 0 Å². The summed E-state index contributed by atoms with van der Waals surface area (Å²) in [5.74, 6) is 2.48. The number of anilines is 2. The molecule has 0 bridgehead atoms. The Balaban J connectivity index is 1.15. The Hall–Kier alpha value is -4.80. The molecule has 0 spiro atoms. The lowest BCUT2D eigenvalue weighted by atomic mass is 9.92. The maximum atomic E-state index is 13.2. The number of carbonyl (C=O) groups is 2. The SMILES string of the molecule is Cc1c(NCC(NC(=O)OCc2ccccc2)C(=O)OC(C)(C)C)nc(C2CC2)nc1N1CCC(c2ccc3cccnc3n2)CC1. The van der Waals surface area contributed by atoms with Gasteiger partial charge < -0.3 is 25.0 Å². The summed E-state index contributed by atoms with van der Waals surface area (Å²) < 4.78 is 11.1. The molecule has 1 saturated heterocycles. The van der Waals surface area contributed by atoms with Crippen molar-refractivity contribution in [3.8, 4) is 0 Å². The molecule has 2 fully saturated rings. The molecule has 246 valence electrons. The van der Waals surface area contributed by atoms with Gasteiger partial charge >= 0.3 is 12.1 Å². The van der Waals surface area contributed by atoms with E-state index in [-0.39, 0.29) is 13.2 Å². The summed E-state index contributed by atoms with van der Waals surface area (Å²) in [4.78, 5) is 47.5. The normalized spacial score (nSPS) is 16.0. The fourth-order valence-corrected chi connectivity index (χ4v) is 5.78. The van der Waals surface area contributed by atoms with Gasteiger partial charge in [-0.2, -0.15) is 0 Å². The lowest BCUT2D eigenvalue weighted by Gasteiger charge is -2.34. The van der Waals surface area contributed by atoms with E-state index >= 15 is 0 Å². The van der Waals surface area contributed by atoms with Crippen LogP contribution < -0.4 is 15.5 Å². The second-order valence-corrected chi connectivity index (χ2v) is 13.4. The maximum absolute atomic E-state index is 13.2. The van der Waals surface area contributed by atoms with Crippen molar-refractivity contribution in [3.05, 3.63) is 83.4 Å². The number of esters is 1. The molecule has 47 heavy (non-hydrogen) atoms. The smallest absolute Gasteiger partial charge is 0.408 e. The minimum Gasteiger partial charge on any atom is -0.458 e. The van der Waals surface area contributed by atoms with E-state index in [0.717, 1.165) is 78.3 Å². The third-order valence-electron chi connectivity index (χ3n) is 8.45. The molecule has 1 unspecified atom stereocenters. The van der Waals surface area contributed by atoms with E-state index in [4.69, 9.17) is 24.4 Å². The predicted molar refractivity (Wildman–Crippen MR) is 180 cm³/mol. The molecule has 1 aliphatic heterocycles. The van der Waals surface area contributed by atoms with Crippen LogP contribution in [0.25, 0.3) is 11.0 Å². The lowest BCUT2D eigenvalue weighted by molar-refractivity contribution is -0.156. The van der Waals surface area contributed by atoms with Crippen molar-refractivity contribution < 1.29 is 19.1 Å². The fourth-order valence-electron chi connectivity index (χ4n) is 5.78. The van der Waals surface area contributed by atoms with Gasteiger partial charge in [-0.25, -0.2) is 29.5 Å². The second kappa shape index (κ2) is 13.9. The van der Waals surface area contributed by atoms with E-state index < -0.39 is 23.7 Å². The maximum Gasteiger partial charge on any atom is 0.408 e. The number of aromatic nitrogens is 4. The van der Waals surface area contributed by atoms with Gasteiger partial charge in [0.25, 0.3) is 0 Å². The standard InChI is InChI=1S/C36H43N7O4/c1-23-30(38-21-29(34(44)47-36(2,3)4)40-35(45)46-22-24-9-6-5-7-10-24)41-32(27-12-13-27)42-33(23)43-19-16-25(17-20-43)28-15-14-26-11-8-18-37-31(26)39-28/h5-11,14-15,18,25,27,29H,12-13,16-17,19-22H2,1-4H3,(H,40,45)(H,38,41,42). The number of alkyl carbamates (subject to hydrolysis) is 1. The quantitative estimate of drug-likeness (QED) is 0.199. The van der Waals surface area contributed by atoms with Crippen molar-refractivity contribution in [3.63, 3.8) is 0 Å². The first kappa shape index (κ1) is 32.2. The molecule has 11 heteroatoms. The van der Waals surface area contributed by atoms with Crippen LogP contribution in [0.15, 0.2) is 60.8 Å². The summed E-state index contributed by atoms with van der Waals surface area (Å²) in [6, 6.07) is 16.6. The Kier molecular flexibility index (Phi) is 9.51. The summed E-state index contributed by atoms with van der Waals surface area (Å²) in [5.41, 5.74) is 2.88. The third-order valence-corrected chi connectivity index (χ3v) is 8.45. The number of hydrogen-bond acceptors (Lipinski definition) is 10. The number of benzene rings is 1. The number of rotatable bonds is 10. The number of amides is 1. The average Bonchev–Trinajstić information content (AvgIpc) is 3.92. The van der Waals surface area contributed by atoms with Gasteiger partial charge in [-0.1, -0.05) is 30.3 Å². The zero-order valence-corrected chi connectivity index (χ0v) is 27.5. The minimum atomic E-state index is -1.00. The van der Waals surface area contributed by atoms with Gasteiger partial charge in [0, 0.05) is 54.3 Å². The largest absolute Gasteiger partial charge is 0.458 e. The van der Waals surface area contributed by atoms with Gasteiger partial charge in [-0.05, 0) is 83.2 Å². The average molecular weight is 638 g/mol. The zero-order chi connectivity index (χ0) is 33.0. The molecule has 1 aliphatic carbocycles. The molecule has 2 aliphatic rings. The molecule has 3 aromatic heterocycles. The number of carbonyl (C=O) groups excluding carboxylic acids is 2. The fraction of sp³-hybridized carbons (Fsp3) is 0.444. The van der Waals surface area contributed by atoms with Crippen LogP contribution in [-0.4, -0.2) is 63.3 Å². The molecule has 1 saturated carbocycles. The molecule has 6 rings (SSSR count). The van der Waals surface area contributed by atoms with E-state index in [1.807, 2.05) is 49.4 Å². The topological polar surface area (TPSA) is 131 Å². The second-order valence-electron chi connectivity index (χ2n) is 13.4. The molecular formula is C36H43N7O4. The third kappa shape index (κ3) is 8.33. The number of piperidine rings is 1. The Bertz CT molecular complexity index is 1710. The van der Waals surface area contributed by atoms with Crippen molar-refractivity contribution in [1.82, 2.24) is 25.3 Å². The number of nitrogens with zero attached hydrogens (tertiary/aromatic N) is 5. The molecular weight excluding hydrogens is 594 g/mol. The van der Waals surface area contributed by atoms with Gasteiger partial charge in [0.05, 0.1) is 0 Å². The Morgan fingerprint density at radius 1 is 0.936 bits per heavy atom. The van der Waals surface area contributed by atoms with Crippen LogP contribution in [0.4, 0.5) is 16.4 Å². The highest BCUT2D eigenvalue weighted by atomic mass is 16.6. The highest BCUT2D eigenvalue weighted by Crippen LogP contribution is 2.41. The van der Waals surface area contributed by atoms with Crippen LogP contribution in [0.1, 0.15) is 80.9 Å². The first-order chi connectivity index (χ1) is 22.6. The highest BCUT2D eigenvalue weighted by molar-refractivity contribution is 5.82. The summed E-state index contributed by atoms with van der Waals surface area (Å²) in [6.07, 6.45) is 5.09. The van der Waals surface area contributed by atoms with E-state index in [2.05, 4.69) is 32.7 Å². The zero-order valence-electron chi connectivity index (χ0n) is 27.5. The molecule has 1 amide bonds. The monoisotopic (exact) mass is 637 g/mol. The van der Waals surface area contributed by atoms with Crippen molar-refractivity contribution in [2.24, 2.45) is 0 Å². The highest BCUT2D eigenvalue weighted by Gasteiger charge is 2.32. The predicted octanol–water partition coefficient (Wildman–Crippen LogP) is 6.04. The van der Waals surface area contributed by atoms with Crippen molar-refractivity contribution in [2.75, 3.05) is 29.9 Å². The van der Waals surface area contributed by atoms with Gasteiger partial charge in [-0.15, -0.1) is 0 Å². The summed E-state index contributed by atoms with van der Waals surface area (Å²) in [5, 5.41) is 7.09. The van der Waals surface area contributed by atoms with Gasteiger partial charge in [0.15, 0.2) is 5.65 Å². The van der Waals surface area contributed by atoms with Crippen LogP contribution in [-0.2, 0) is 20.9 Å². The summed E-state index contributed by atoms with van der Waals surface area (Å²) in [7, 11) is 0. The van der Waals surface area contributed by atoms with Crippen molar-refractivity contribution in [2.45, 2.75) is 83.5 Å². The molecule has 0 radical (unpaired) electrons. The van der Waals surface area contributed by atoms with Gasteiger partial charge in [-0.3, -0.25) is 0 Å². The Morgan fingerprint density at radius 2 is 1.70 bits per heavy atom. The van der Waals surface area contributed by atoms with Gasteiger partial charge in [0.1, 0.15) is 35.7 Å². The lowest BCUT2D eigenvalue weighted by Crippen LogP contribution is -2.48. The molecule has 4 aromatic rings. The minimum absolute atomic E-state index is 0.0699. The molecule has 11 nitrogen and oxygen atoms in total. The van der Waals surface area contributed by atoms with Crippen LogP contribution in [0.5, 0.6) is 0 Å². The summed E-state index contributed by atoms with van der Waals surface area (Å²) >= 11 is 0. The first-order valence-electron chi connectivity index (χ1n) is 16.4. The number of nitrogens with one attached hydrogen (secondary N) is 2. The first-order valence-corrected chi connectivity index (χ1v) is 16.4. The van der Waals surface area contributed by atoms with E-state index in [1.165, 1.54) is 0 Å². The molecule has 1 atom stereocenters. The van der Waals surface area contributed by atoms with E-state index in [9.17, 15) is 9.59 Å². The number of ether oxygens (including phenoxy) is 2. The van der Waals surface area contributed by atoms with Crippen LogP contribution >= 0.6 is 0 Å². The van der Waals surface area contributed by atoms with Crippen molar-refractivity contribution >= 4 is 34.7 Å². The van der Waals surface area contributed by atoms with Crippen LogP contribution in [0.2, 0.25) is 0 Å². The molecule has 1 aromatic carbocycles. The number of pyridine rings is 2. The van der Waals surface area contributed by atoms with Crippen molar-refractivity contribution in [1.29, 1.82) is 0 Å². The van der Waals surface area contributed by atoms with Crippen LogP contribution in [0.3, 0.4) is 0 Å². The molecule has 2 N–H and O–H groups in total. The summed E-state index contributed by atoms with van der Waals surface area (Å²) in [6.45, 7) is 9.21. The molecule has 4 heterocycles. The Morgan fingerprint density at radius 3 is 2.43 bits per heavy atom. The Labute approximate surface area is 275 Å². The number of hydrogen-bond donors (Lipinski definition) is 2. The van der Waals surface area contributed by atoms with E-state index in [0.29, 0.717) is 17.7 Å².